The number of anilines is 1. The van der Waals surface area contributed by atoms with E-state index in [2.05, 4.69) is 11.1 Å². The van der Waals surface area contributed by atoms with Crippen LogP contribution in [0.4, 0.5) is 5.69 Å². The van der Waals surface area contributed by atoms with Crippen LogP contribution < -0.4 is 4.31 Å². The van der Waals surface area contributed by atoms with Gasteiger partial charge in [-0.1, -0.05) is 36.4 Å². The molecule has 0 spiro atoms. The van der Waals surface area contributed by atoms with E-state index in [1.165, 1.54) is 4.31 Å². The lowest BCUT2D eigenvalue weighted by atomic mass is 10.0. The van der Waals surface area contributed by atoms with Crippen LogP contribution in [0.2, 0.25) is 0 Å². The molecule has 33 heavy (non-hydrogen) atoms. The highest BCUT2D eigenvalue weighted by Crippen LogP contribution is 2.38. The summed E-state index contributed by atoms with van der Waals surface area (Å²) in [7, 11) is -3.87. The van der Waals surface area contributed by atoms with Crippen molar-refractivity contribution in [1.29, 1.82) is 0 Å². The molecular weight excluding hydrogens is 436 g/mol. The molecule has 4 aromatic rings. The summed E-state index contributed by atoms with van der Waals surface area (Å²) in [5.74, 6) is 0. The molecule has 0 atom stereocenters. The second-order valence-corrected chi connectivity index (χ2v) is 9.81. The number of hydrogen-bond acceptors (Lipinski definition) is 4. The lowest BCUT2D eigenvalue weighted by Gasteiger charge is -2.30. The maximum Gasteiger partial charge on any atom is 0.264 e. The molecule has 4 rings (SSSR count). The summed E-state index contributed by atoms with van der Waals surface area (Å²) in [5.41, 5.74) is 4.52. The zero-order chi connectivity index (χ0) is 23.6. The van der Waals surface area contributed by atoms with Gasteiger partial charge in [-0.25, -0.2) is 8.42 Å². The molecule has 7 heteroatoms. The fraction of sp³-hybridized carbons (Fsp3) is 0.308. The van der Waals surface area contributed by atoms with Crippen molar-refractivity contribution >= 4 is 37.5 Å². The first-order valence-electron chi connectivity index (χ1n) is 11.2. The zero-order valence-electron chi connectivity index (χ0n) is 19.5. The maximum atomic E-state index is 13.9. The number of sulfonamides is 1. The van der Waals surface area contributed by atoms with Gasteiger partial charge in [0.25, 0.3) is 10.0 Å². The van der Waals surface area contributed by atoms with Gasteiger partial charge in [0, 0.05) is 35.0 Å². The van der Waals surface area contributed by atoms with E-state index in [9.17, 15) is 8.42 Å². The van der Waals surface area contributed by atoms with Gasteiger partial charge < -0.3 is 14.5 Å². The first kappa shape index (κ1) is 23.3. The molecule has 1 heterocycles. The third-order valence-corrected chi connectivity index (χ3v) is 7.63. The Morgan fingerprint density at radius 1 is 0.939 bits per heavy atom. The first-order valence-corrected chi connectivity index (χ1v) is 12.6. The summed E-state index contributed by atoms with van der Waals surface area (Å²) in [4.78, 5) is 3.72. The van der Waals surface area contributed by atoms with Crippen molar-refractivity contribution in [1.82, 2.24) is 4.98 Å². The van der Waals surface area contributed by atoms with Crippen LogP contribution in [0.1, 0.15) is 25.0 Å². The number of nitrogens with zero attached hydrogens (tertiary/aromatic N) is 1. The predicted molar refractivity (Wildman–Crippen MR) is 133 cm³/mol. The van der Waals surface area contributed by atoms with Gasteiger partial charge in [0.1, 0.15) is 0 Å². The number of benzene rings is 3. The second-order valence-electron chi connectivity index (χ2n) is 7.95. The van der Waals surface area contributed by atoms with Crippen LogP contribution in [0.15, 0.2) is 65.6 Å². The molecule has 0 aliphatic carbocycles. The molecule has 0 fully saturated rings. The third kappa shape index (κ3) is 4.36. The number of para-hydroxylation sites is 1. The van der Waals surface area contributed by atoms with E-state index in [1.807, 2.05) is 52.0 Å². The number of nitrogens with one attached hydrogen (secondary N) is 1. The molecule has 1 N–H and O–H groups in total. The molecule has 0 amide bonds. The van der Waals surface area contributed by atoms with E-state index in [4.69, 9.17) is 9.47 Å². The van der Waals surface area contributed by atoms with Crippen LogP contribution in [0, 0.1) is 13.8 Å². The quantitative estimate of drug-likeness (QED) is 0.329. The summed E-state index contributed by atoms with van der Waals surface area (Å²) in [6, 6.07) is 18.5. The Kier molecular flexibility index (Phi) is 6.74. The van der Waals surface area contributed by atoms with Crippen molar-refractivity contribution in [2.24, 2.45) is 0 Å². The molecule has 0 bridgehead atoms. The Bertz CT molecular complexity index is 1360. The highest BCUT2D eigenvalue weighted by Gasteiger charge is 2.30. The largest absolute Gasteiger partial charge is 0.354 e. The van der Waals surface area contributed by atoms with E-state index < -0.39 is 16.3 Å². The number of fused-ring (bicyclic) bond motifs is 3. The predicted octanol–water partition coefficient (Wildman–Crippen LogP) is 5.53. The summed E-state index contributed by atoms with van der Waals surface area (Å²) in [5, 5.41) is 2.09. The van der Waals surface area contributed by atoms with Gasteiger partial charge >= 0.3 is 0 Å². The Balaban J connectivity index is 1.95. The molecule has 3 aromatic carbocycles. The Labute approximate surface area is 195 Å². The molecular formula is C26H30N2O4S. The lowest BCUT2D eigenvalue weighted by Crippen LogP contribution is -2.40. The molecule has 0 aliphatic heterocycles. The maximum absolute atomic E-state index is 13.9. The number of rotatable bonds is 9. The van der Waals surface area contributed by atoms with E-state index in [-0.39, 0.29) is 11.4 Å². The number of ether oxygens (including phenoxy) is 2. The van der Waals surface area contributed by atoms with Gasteiger partial charge in [-0.3, -0.25) is 4.31 Å². The monoisotopic (exact) mass is 466 g/mol. The highest BCUT2D eigenvalue weighted by molar-refractivity contribution is 7.92. The van der Waals surface area contributed by atoms with Crippen LogP contribution >= 0.6 is 0 Å². The van der Waals surface area contributed by atoms with Crippen LogP contribution in [0.3, 0.4) is 0 Å². The molecule has 174 valence electrons. The second kappa shape index (κ2) is 9.55. The average molecular weight is 467 g/mol. The van der Waals surface area contributed by atoms with Crippen molar-refractivity contribution in [2.75, 3.05) is 24.1 Å². The summed E-state index contributed by atoms with van der Waals surface area (Å²) in [6.07, 6.45) is -0.683. The van der Waals surface area contributed by atoms with E-state index in [0.29, 0.717) is 18.9 Å². The molecule has 0 saturated carbocycles. The minimum atomic E-state index is -3.87. The number of aromatic nitrogens is 1. The molecule has 0 radical (unpaired) electrons. The van der Waals surface area contributed by atoms with Crippen LogP contribution in [0.5, 0.6) is 0 Å². The summed E-state index contributed by atoms with van der Waals surface area (Å²) < 4.78 is 40.7. The number of aromatic amines is 1. The van der Waals surface area contributed by atoms with Gasteiger partial charge in [-0.05, 0) is 63.1 Å². The standard InChI is InChI=1S/C26H30N2O4S/c1-5-31-24(32-6-2)17-28(33(29,30)20-12-8-7-9-13-20)23-16-18(3)26-25(19(23)4)21-14-10-11-15-22(21)27-26/h7-16,24,27H,5-6,17H2,1-4H3. The van der Waals surface area contributed by atoms with Crippen molar-refractivity contribution < 1.29 is 17.9 Å². The average Bonchev–Trinajstić information content (AvgIpc) is 3.21. The Morgan fingerprint density at radius 3 is 2.24 bits per heavy atom. The summed E-state index contributed by atoms with van der Waals surface area (Å²) in [6.45, 7) is 8.60. The fourth-order valence-electron chi connectivity index (χ4n) is 4.31. The molecule has 0 saturated heterocycles. The Hall–Kier alpha value is -2.87. The first-order chi connectivity index (χ1) is 15.9. The highest BCUT2D eigenvalue weighted by atomic mass is 32.2. The van der Waals surface area contributed by atoms with E-state index in [1.54, 1.807) is 30.3 Å². The molecule has 1 aromatic heterocycles. The van der Waals surface area contributed by atoms with Crippen molar-refractivity contribution in [3.8, 4) is 0 Å². The van der Waals surface area contributed by atoms with E-state index in [0.717, 1.165) is 32.9 Å². The zero-order valence-corrected chi connectivity index (χ0v) is 20.3. The summed E-state index contributed by atoms with van der Waals surface area (Å²) >= 11 is 0. The van der Waals surface area contributed by atoms with Crippen molar-refractivity contribution in [3.63, 3.8) is 0 Å². The molecule has 0 aliphatic rings. The normalized spacial score (nSPS) is 12.2. The molecule has 6 nitrogen and oxygen atoms in total. The SMILES string of the molecule is CCOC(CN(c1cc(C)c2[nH]c3ccccc3c2c1C)S(=O)(=O)c1ccccc1)OCC. The molecule has 0 unspecified atom stereocenters. The van der Waals surface area contributed by atoms with Crippen LogP contribution in [0.25, 0.3) is 21.8 Å². The van der Waals surface area contributed by atoms with Crippen molar-refractivity contribution in [3.05, 3.63) is 71.8 Å². The number of H-pyrrole nitrogens is 1. The van der Waals surface area contributed by atoms with Gasteiger partial charge in [0.15, 0.2) is 6.29 Å². The lowest BCUT2D eigenvalue weighted by molar-refractivity contribution is -0.128. The van der Waals surface area contributed by atoms with Crippen LogP contribution in [-0.2, 0) is 19.5 Å². The van der Waals surface area contributed by atoms with Gasteiger partial charge in [0.05, 0.1) is 17.1 Å². The van der Waals surface area contributed by atoms with Gasteiger partial charge in [-0.2, -0.15) is 0 Å². The minimum absolute atomic E-state index is 0.0487. The fourth-order valence-corrected chi connectivity index (χ4v) is 5.83. The van der Waals surface area contributed by atoms with Gasteiger partial charge in [-0.15, -0.1) is 0 Å². The van der Waals surface area contributed by atoms with Crippen molar-refractivity contribution in [2.45, 2.75) is 38.9 Å². The van der Waals surface area contributed by atoms with E-state index >= 15 is 0 Å². The topological polar surface area (TPSA) is 71.6 Å². The Morgan fingerprint density at radius 2 is 1.58 bits per heavy atom. The number of hydrogen-bond donors (Lipinski definition) is 1. The third-order valence-electron chi connectivity index (χ3n) is 5.83. The van der Waals surface area contributed by atoms with Gasteiger partial charge in [0.2, 0.25) is 0 Å². The number of aryl methyl sites for hydroxylation is 2. The smallest absolute Gasteiger partial charge is 0.264 e. The van der Waals surface area contributed by atoms with Crippen LogP contribution in [-0.4, -0.2) is 39.5 Å². The minimum Gasteiger partial charge on any atom is -0.354 e.